The molecule has 1 saturated carbocycles. The summed E-state index contributed by atoms with van der Waals surface area (Å²) in [6.07, 6.45) is 3.96. The molecule has 1 aromatic heterocycles. The van der Waals surface area contributed by atoms with Gasteiger partial charge >= 0.3 is 5.97 Å². The van der Waals surface area contributed by atoms with Crippen LogP contribution in [0.2, 0.25) is 0 Å². The van der Waals surface area contributed by atoms with E-state index in [9.17, 15) is 14.4 Å². The number of piperidine rings is 1. The van der Waals surface area contributed by atoms with Crippen LogP contribution in [0.15, 0.2) is 54.1 Å². The second-order valence-electron chi connectivity index (χ2n) is 10.7. The predicted octanol–water partition coefficient (Wildman–Crippen LogP) is 5.11. The molecule has 2 unspecified atom stereocenters. The minimum absolute atomic E-state index is 0.0137. The average Bonchev–Trinajstić information content (AvgIpc) is 3.77. The van der Waals surface area contributed by atoms with Gasteiger partial charge in [0.15, 0.2) is 16.6 Å². The highest BCUT2D eigenvalue weighted by Gasteiger charge is 2.41. The molecule has 1 aliphatic heterocycles. The van der Waals surface area contributed by atoms with Crippen LogP contribution in [0.4, 0.5) is 4.39 Å². The van der Waals surface area contributed by atoms with Crippen molar-refractivity contribution in [1.82, 2.24) is 19.9 Å². The molecule has 2 fully saturated rings. The number of halogens is 1. The Bertz CT molecular complexity index is 1520. The standard InChI is InChI=1S/C32H35FN4O5S/c1-4-42-32(40)30-27(34-35-37(30)18-21-9-13-24(41-3)14-10-21)17-23-19-36(16-15-28(23)43-20(2)38)29(31(39)22-11-12-22)25-7-5-6-8-26(25)33/h5-10,13-14,17,22,28-29H,4,11-12,15-16,18-19H2,1-3H3. The third kappa shape index (κ3) is 7.22. The van der Waals surface area contributed by atoms with Gasteiger partial charge in [-0.15, -0.1) is 5.10 Å². The monoisotopic (exact) mass is 606 g/mol. The van der Waals surface area contributed by atoms with Crippen molar-refractivity contribution < 1.29 is 28.2 Å². The minimum atomic E-state index is -0.740. The molecular weight excluding hydrogens is 571 g/mol. The molecule has 2 heterocycles. The van der Waals surface area contributed by atoms with Crippen LogP contribution >= 0.6 is 11.8 Å². The van der Waals surface area contributed by atoms with Crippen LogP contribution in [0.5, 0.6) is 5.75 Å². The van der Waals surface area contributed by atoms with E-state index in [1.54, 1.807) is 38.3 Å². The van der Waals surface area contributed by atoms with E-state index in [1.165, 1.54) is 29.4 Å². The fourth-order valence-electron chi connectivity index (χ4n) is 5.42. The summed E-state index contributed by atoms with van der Waals surface area (Å²) in [4.78, 5) is 40.9. The zero-order valence-electron chi connectivity index (χ0n) is 24.5. The SMILES string of the molecule is CCOC(=O)c1c(C=C2CN(C(C(=O)C3CC3)c3ccccc3F)CCC2SC(C)=O)nnn1Cc1ccc(OC)cc1. The summed E-state index contributed by atoms with van der Waals surface area (Å²) in [6, 6.07) is 13.1. The summed E-state index contributed by atoms with van der Waals surface area (Å²) in [7, 11) is 1.59. The van der Waals surface area contributed by atoms with Crippen molar-refractivity contribution in [2.45, 2.75) is 50.9 Å². The van der Waals surface area contributed by atoms with Crippen LogP contribution < -0.4 is 4.74 Å². The van der Waals surface area contributed by atoms with Gasteiger partial charge in [-0.05, 0) is 61.6 Å². The Morgan fingerprint density at radius 3 is 2.51 bits per heavy atom. The number of hydrogen-bond acceptors (Lipinski definition) is 9. The molecule has 2 atom stereocenters. The molecular formula is C32H35FN4O5S. The molecule has 0 N–H and O–H groups in total. The van der Waals surface area contributed by atoms with Gasteiger partial charge in [-0.25, -0.2) is 13.9 Å². The lowest BCUT2D eigenvalue weighted by Crippen LogP contribution is -2.43. The second-order valence-corrected chi connectivity index (χ2v) is 12.1. The first-order valence-electron chi connectivity index (χ1n) is 14.4. The number of hydrogen-bond donors (Lipinski definition) is 0. The number of nitrogens with zero attached hydrogens (tertiary/aromatic N) is 4. The number of ketones is 1. The number of likely N-dealkylation sites (tertiary alicyclic amines) is 1. The first-order valence-corrected chi connectivity index (χ1v) is 15.3. The Labute approximate surface area is 254 Å². The Kier molecular flexibility index (Phi) is 9.72. The summed E-state index contributed by atoms with van der Waals surface area (Å²) >= 11 is 1.20. The lowest BCUT2D eigenvalue weighted by Gasteiger charge is -2.38. The second kappa shape index (κ2) is 13.6. The van der Waals surface area contributed by atoms with Gasteiger partial charge in [0.1, 0.15) is 17.3 Å². The fourth-order valence-corrected chi connectivity index (χ4v) is 6.34. The molecule has 226 valence electrons. The van der Waals surface area contributed by atoms with Crippen molar-refractivity contribution >= 4 is 34.7 Å². The van der Waals surface area contributed by atoms with Crippen molar-refractivity contribution in [3.8, 4) is 5.75 Å². The number of esters is 1. The maximum absolute atomic E-state index is 15.0. The highest BCUT2D eigenvalue weighted by atomic mass is 32.2. The zero-order valence-corrected chi connectivity index (χ0v) is 25.3. The van der Waals surface area contributed by atoms with E-state index >= 15 is 4.39 Å². The lowest BCUT2D eigenvalue weighted by atomic mass is 9.93. The van der Waals surface area contributed by atoms with Crippen molar-refractivity contribution in [1.29, 1.82) is 0 Å². The highest BCUT2D eigenvalue weighted by Crippen LogP contribution is 2.40. The van der Waals surface area contributed by atoms with Crippen LogP contribution in [-0.2, 0) is 20.9 Å². The molecule has 2 aliphatic rings. The molecule has 0 bridgehead atoms. The third-order valence-electron chi connectivity index (χ3n) is 7.64. The number of rotatable bonds is 11. The van der Waals surface area contributed by atoms with Gasteiger partial charge in [0.05, 0.1) is 26.3 Å². The fraction of sp³-hybridized carbons (Fsp3) is 0.406. The molecule has 11 heteroatoms. The quantitative estimate of drug-likeness (QED) is 0.276. The Hall–Kier alpha value is -3.83. The van der Waals surface area contributed by atoms with Gasteiger partial charge in [-0.1, -0.05) is 47.3 Å². The van der Waals surface area contributed by atoms with E-state index in [4.69, 9.17) is 9.47 Å². The van der Waals surface area contributed by atoms with Crippen molar-refractivity contribution in [2.24, 2.45) is 5.92 Å². The van der Waals surface area contributed by atoms with Gasteiger partial charge in [-0.3, -0.25) is 14.5 Å². The number of methoxy groups -OCH3 is 1. The zero-order chi connectivity index (χ0) is 30.5. The number of Topliss-reactive ketones (excluding diaryl/α,β-unsaturated/α-hetero) is 1. The molecule has 1 aliphatic carbocycles. The van der Waals surface area contributed by atoms with Gasteiger partial charge < -0.3 is 9.47 Å². The molecule has 0 radical (unpaired) electrons. The van der Waals surface area contributed by atoms with E-state index in [-0.39, 0.29) is 40.9 Å². The van der Waals surface area contributed by atoms with Gasteiger partial charge in [0, 0.05) is 36.7 Å². The van der Waals surface area contributed by atoms with Gasteiger partial charge in [-0.2, -0.15) is 0 Å². The van der Waals surface area contributed by atoms with E-state index in [2.05, 4.69) is 10.3 Å². The lowest BCUT2D eigenvalue weighted by molar-refractivity contribution is -0.126. The van der Waals surface area contributed by atoms with Crippen molar-refractivity contribution in [3.63, 3.8) is 0 Å². The van der Waals surface area contributed by atoms with Gasteiger partial charge in [0.25, 0.3) is 0 Å². The molecule has 2 aromatic carbocycles. The third-order valence-corrected chi connectivity index (χ3v) is 8.80. The number of carbonyl (C=O) groups is 3. The minimum Gasteiger partial charge on any atom is -0.497 e. The molecule has 43 heavy (non-hydrogen) atoms. The largest absolute Gasteiger partial charge is 0.497 e. The Balaban J connectivity index is 1.52. The predicted molar refractivity (Wildman–Crippen MR) is 161 cm³/mol. The number of carbonyl (C=O) groups excluding carboxylic acids is 3. The first-order chi connectivity index (χ1) is 20.8. The Morgan fingerprint density at radius 1 is 1.12 bits per heavy atom. The van der Waals surface area contributed by atoms with Crippen LogP contribution in [0.3, 0.4) is 0 Å². The van der Waals surface area contributed by atoms with E-state index in [0.717, 1.165) is 24.0 Å². The molecule has 1 saturated heterocycles. The van der Waals surface area contributed by atoms with Crippen molar-refractivity contribution in [2.75, 3.05) is 26.8 Å². The van der Waals surface area contributed by atoms with E-state index in [0.29, 0.717) is 36.5 Å². The van der Waals surface area contributed by atoms with Crippen LogP contribution in [0.25, 0.3) is 6.08 Å². The number of benzene rings is 2. The number of ether oxygens (including phenoxy) is 2. The Morgan fingerprint density at radius 2 is 1.86 bits per heavy atom. The summed E-state index contributed by atoms with van der Waals surface area (Å²) < 4.78 is 27.2. The summed E-state index contributed by atoms with van der Waals surface area (Å²) in [6.45, 7) is 4.50. The first kappa shape index (κ1) is 30.6. The molecule has 0 spiro atoms. The van der Waals surface area contributed by atoms with Crippen LogP contribution in [0.1, 0.15) is 66.5 Å². The van der Waals surface area contributed by atoms with E-state index < -0.39 is 17.8 Å². The molecule has 0 amide bonds. The van der Waals surface area contributed by atoms with Crippen LogP contribution in [0, 0.1) is 11.7 Å². The van der Waals surface area contributed by atoms with Gasteiger partial charge in [0.2, 0.25) is 0 Å². The smallest absolute Gasteiger partial charge is 0.358 e. The molecule has 9 nitrogen and oxygen atoms in total. The molecule has 3 aromatic rings. The topological polar surface area (TPSA) is 104 Å². The maximum Gasteiger partial charge on any atom is 0.358 e. The number of thioether (sulfide) groups is 1. The van der Waals surface area contributed by atoms with E-state index in [1.807, 2.05) is 29.2 Å². The maximum atomic E-state index is 15.0. The molecule has 5 rings (SSSR count). The normalized spacial score (nSPS) is 18.8. The van der Waals surface area contributed by atoms with Crippen molar-refractivity contribution in [3.05, 3.63) is 82.4 Å². The average molecular weight is 607 g/mol. The summed E-state index contributed by atoms with van der Waals surface area (Å²) in [5.41, 5.74) is 2.55. The van der Waals surface area contributed by atoms with Crippen LogP contribution in [-0.4, -0.2) is 68.8 Å². The highest BCUT2D eigenvalue weighted by molar-refractivity contribution is 8.14. The number of aromatic nitrogens is 3. The summed E-state index contributed by atoms with van der Waals surface area (Å²) in [5.74, 6) is -0.333. The summed E-state index contributed by atoms with van der Waals surface area (Å²) in [5, 5.41) is 8.38.